The molecule has 0 aliphatic carbocycles. The lowest BCUT2D eigenvalue weighted by atomic mass is 9.79. The van der Waals surface area contributed by atoms with Gasteiger partial charge in [0.2, 0.25) is 0 Å². The van der Waals surface area contributed by atoms with Crippen molar-refractivity contribution in [2.24, 2.45) is 5.92 Å². The Morgan fingerprint density at radius 1 is 0.605 bits per heavy atom. The van der Waals surface area contributed by atoms with E-state index in [0.29, 0.717) is 0 Å². The highest BCUT2D eigenvalue weighted by atomic mass is 16.6. The molecule has 1 aliphatic rings. The molecule has 2 aromatic rings. The van der Waals surface area contributed by atoms with E-state index in [4.69, 9.17) is 4.74 Å². The maximum Gasteiger partial charge on any atom is 0.310 e. The summed E-state index contributed by atoms with van der Waals surface area (Å²) in [7, 11) is 0. The van der Waals surface area contributed by atoms with Crippen LogP contribution in [0, 0.1) is 5.92 Å². The number of carbonyl (C=O) groups excluding carboxylic acids is 1. The molecule has 1 aliphatic heterocycles. The summed E-state index contributed by atoms with van der Waals surface area (Å²) in [5, 5.41) is 0. The number of hydrogen-bond acceptors (Lipinski definition) is 2. The van der Waals surface area contributed by atoms with Crippen molar-refractivity contribution >= 4 is 5.97 Å². The quantitative estimate of drug-likeness (QED) is 0.136. The molecule has 0 amide bonds. The fraction of sp³-hybridized carbons (Fsp3) is 0.639. The van der Waals surface area contributed by atoms with Crippen LogP contribution in [-0.2, 0) is 28.0 Å². The first-order valence-corrected chi connectivity index (χ1v) is 16.0. The number of hydrogen-bond donors (Lipinski definition) is 0. The fourth-order valence-corrected chi connectivity index (χ4v) is 6.03. The summed E-state index contributed by atoms with van der Waals surface area (Å²) < 4.78 is 6.38. The lowest BCUT2D eigenvalue weighted by Crippen LogP contribution is -2.27. The molecule has 0 aromatic heterocycles. The summed E-state index contributed by atoms with van der Waals surface area (Å²) in [5.74, 6) is -0.0233. The third-order valence-corrected chi connectivity index (χ3v) is 8.53. The van der Waals surface area contributed by atoms with Crippen molar-refractivity contribution in [1.29, 1.82) is 0 Å². The molecule has 0 radical (unpaired) electrons. The van der Waals surface area contributed by atoms with Crippen LogP contribution in [0.5, 0.6) is 0 Å². The standard InChI is InChI=1S/C36H54O2/c1-4-7-10-13-15-18-30-21-25-33(26-22-30)36(29-32(35(37)38-36)20-17-12-9-6-3)34-27-23-31(24-28-34)19-16-14-11-8-5-2/h21-28,32H,4-20,29H2,1-3H3/t32-/m0/s1. The second-order valence-electron chi connectivity index (χ2n) is 11.7. The smallest absolute Gasteiger partial charge is 0.310 e. The predicted octanol–water partition coefficient (Wildman–Crippen LogP) is 10.5. The van der Waals surface area contributed by atoms with Crippen LogP contribution in [0.15, 0.2) is 48.5 Å². The molecule has 0 saturated carbocycles. The monoisotopic (exact) mass is 518 g/mol. The van der Waals surface area contributed by atoms with Crippen LogP contribution >= 0.6 is 0 Å². The van der Waals surface area contributed by atoms with Gasteiger partial charge in [0, 0.05) is 17.5 Å². The van der Waals surface area contributed by atoms with Crippen LogP contribution in [0.25, 0.3) is 0 Å². The maximum atomic E-state index is 13.2. The maximum absolute atomic E-state index is 13.2. The van der Waals surface area contributed by atoms with E-state index in [1.807, 2.05) is 0 Å². The zero-order valence-corrected chi connectivity index (χ0v) is 24.7. The van der Waals surface area contributed by atoms with E-state index < -0.39 is 5.60 Å². The first-order chi connectivity index (χ1) is 18.6. The molecule has 210 valence electrons. The van der Waals surface area contributed by atoms with Crippen LogP contribution in [0.1, 0.15) is 146 Å². The number of benzene rings is 2. The summed E-state index contributed by atoms with van der Waals surface area (Å²) >= 11 is 0. The molecule has 1 atom stereocenters. The summed E-state index contributed by atoms with van der Waals surface area (Å²) in [6, 6.07) is 18.0. The van der Waals surface area contributed by atoms with E-state index in [2.05, 4.69) is 69.3 Å². The highest BCUT2D eigenvalue weighted by Crippen LogP contribution is 2.46. The first-order valence-electron chi connectivity index (χ1n) is 16.0. The average Bonchev–Trinajstić information content (AvgIpc) is 3.28. The third kappa shape index (κ3) is 8.99. The minimum atomic E-state index is -0.661. The summed E-state index contributed by atoms with van der Waals surface area (Å²) in [5.41, 5.74) is 4.37. The number of unbranched alkanes of at least 4 members (excludes halogenated alkanes) is 11. The van der Waals surface area contributed by atoms with Crippen LogP contribution in [0.4, 0.5) is 0 Å². The van der Waals surface area contributed by atoms with Crippen molar-refractivity contribution < 1.29 is 9.53 Å². The molecule has 2 nitrogen and oxygen atoms in total. The lowest BCUT2D eigenvalue weighted by Gasteiger charge is -2.29. The normalized spacial score (nSPS) is 16.6. The number of rotatable bonds is 19. The van der Waals surface area contributed by atoms with Gasteiger partial charge >= 0.3 is 5.97 Å². The zero-order chi connectivity index (χ0) is 27.1. The van der Waals surface area contributed by atoms with E-state index in [-0.39, 0.29) is 11.9 Å². The molecule has 0 spiro atoms. The number of cyclic esters (lactones) is 1. The predicted molar refractivity (Wildman–Crippen MR) is 162 cm³/mol. The SMILES string of the molecule is CCCCCCCc1ccc(C2(c3ccc(CCCCCCC)cc3)C[C@H](CCCCCC)C(=O)O2)cc1. The highest BCUT2D eigenvalue weighted by Gasteiger charge is 2.48. The fourth-order valence-electron chi connectivity index (χ4n) is 6.03. The molecule has 3 rings (SSSR count). The number of aryl methyl sites for hydroxylation is 2. The molecule has 0 unspecified atom stereocenters. The molecular formula is C36H54O2. The Balaban J connectivity index is 1.74. The van der Waals surface area contributed by atoms with Crippen molar-refractivity contribution in [2.75, 3.05) is 0 Å². The summed E-state index contributed by atoms with van der Waals surface area (Å²) in [6.07, 6.45) is 21.8. The van der Waals surface area contributed by atoms with Gasteiger partial charge in [-0.25, -0.2) is 0 Å². The second-order valence-corrected chi connectivity index (χ2v) is 11.7. The van der Waals surface area contributed by atoms with Crippen molar-refractivity contribution in [3.05, 3.63) is 70.8 Å². The molecule has 0 N–H and O–H groups in total. The van der Waals surface area contributed by atoms with E-state index in [9.17, 15) is 4.79 Å². The van der Waals surface area contributed by atoms with Gasteiger partial charge in [0.25, 0.3) is 0 Å². The van der Waals surface area contributed by atoms with Gasteiger partial charge in [-0.05, 0) is 43.2 Å². The largest absolute Gasteiger partial charge is 0.449 e. The molecule has 0 bridgehead atoms. The van der Waals surface area contributed by atoms with E-state index >= 15 is 0 Å². The Hall–Kier alpha value is -2.09. The minimum absolute atomic E-state index is 0.0108. The molecule has 1 fully saturated rings. The van der Waals surface area contributed by atoms with Gasteiger partial charge in [-0.2, -0.15) is 0 Å². The van der Waals surface area contributed by atoms with Gasteiger partial charge < -0.3 is 4.74 Å². The minimum Gasteiger partial charge on any atom is -0.449 e. The number of esters is 1. The Kier molecular flexibility index (Phi) is 13.4. The third-order valence-electron chi connectivity index (χ3n) is 8.53. The Morgan fingerprint density at radius 3 is 1.47 bits per heavy atom. The van der Waals surface area contributed by atoms with Crippen LogP contribution in [0.3, 0.4) is 0 Å². The Labute approximate surface area is 234 Å². The van der Waals surface area contributed by atoms with Gasteiger partial charge in [-0.1, -0.05) is 146 Å². The zero-order valence-electron chi connectivity index (χ0n) is 24.7. The Bertz CT molecular complexity index is 854. The molecule has 38 heavy (non-hydrogen) atoms. The number of ether oxygens (including phenoxy) is 1. The van der Waals surface area contributed by atoms with Crippen molar-refractivity contribution in [2.45, 2.75) is 142 Å². The second kappa shape index (κ2) is 16.8. The average molecular weight is 519 g/mol. The van der Waals surface area contributed by atoms with Crippen molar-refractivity contribution in [1.82, 2.24) is 0 Å². The van der Waals surface area contributed by atoms with E-state index in [1.54, 1.807) is 0 Å². The van der Waals surface area contributed by atoms with Crippen molar-refractivity contribution in [3.63, 3.8) is 0 Å². The van der Waals surface area contributed by atoms with E-state index in [0.717, 1.165) is 43.2 Å². The van der Waals surface area contributed by atoms with Gasteiger partial charge in [-0.3, -0.25) is 4.79 Å². The van der Waals surface area contributed by atoms with Crippen LogP contribution in [0.2, 0.25) is 0 Å². The molecule has 1 saturated heterocycles. The molecule has 2 aromatic carbocycles. The summed E-state index contributed by atoms with van der Waals surface area (Å²) in [6.45, 7) is 6.77. The Morgan fingerprint density at radius 2 is 1.03 bits per heavy atom. The topological polar surface area (TPSA) is 26.3 Å². The molecular weight excluding hydrogens is 464 g/mol. The van der Waals surface area contributed by atoms with Crippen LogP contribution < -0.4 is 0 Å². The van der Waals surface area contributed by atoms with Gasteiger partial charge in [0.15, 0.2) is 5.60 Å². The highest BCUT2D eigenvalue weighted by molar-refractivity contribution is 5.76. The summed E-state index contributed by atoms with van der Waals surface area (Å²) in [4.78, 5) is 13.2. The molecule has 1 heterocycles. The number of carbonyl (C=O) groups is 1. The molecule has 2 heteroatoms. The van der Waals surface area contributed by atoms with Gasteiger partial charge in [-0.15, -0.1) is 0 Å². The van der Waals surface area contributed by atoms with Gasteiger partial charge in [0.05, 0.1) is 5.92 Å². The van der Waals surface area contributed by atoms with Crippen molar-refractivity contribution in [3.8, 4) is 0 Å². The van der Waals surface area contributed by atoms with Crippen LogP contribution in [-0.4, -0.2) is 5.97 Å². The lowest BCUT2D eigenvalue weighted by molar-refractivity contribution is -0.148. The van der Waals surface area contributed by atoms with Gasteiger partial charge in [0.1, 0.15) is 0 Å². The first kappa shape index (κ1) is 30.5. The van der Waals surface area contributed by atoms with E-state index in [1.165, 1.54) is 94.6 Å².